The normalized spacial score (nSPS) is 14.2. The van der Waals surface area contributed by atoms with Gasteiger partial charge in [-0.1, -0.05) is 13.5 Å². The zero-order chi connectivity index (χ0) is 14.6. The van der Waals surface area contributed by atoms with Crippen LogP contribution in [0.4, 0.5) is 0 Å². The molecule has 0 aliphatic heterocycles. The van der Waals surface area contributed by atoms with Gasteiger partial charge in [0, 0.05) is 11.6 Å². The second-order valence-corrected chi connectivity index (χ2v) is 15.4. The minimum absolute atomic E-state index is 0.0489. The molecule has 0 N–H and O–H groups in total. The molecule has 0 radical (unpaired) electrons. The van der Waals surface area contributed by atoms with Crippen LogP contribution in [0.1, 0.15) is 20.3 Å². The third-order valence-electron chi connectivity index (χ3n) is 2.38. The molecular weight excluding hydrogens is 260 g/mol. The summed E-state index contributed by atoms with van der Waals surface area (Å²) in [4.78, 5) is 11.5. The molecule has 1 atom stereocenters. The summed E-state index contributed by atoms with van der Waals surface area (Å²) in [6.45, 7) is 18.3. The Morgan fingerprint density at radius 2 is 1.72 bits per heavy atom. The zero-order valence-electron chi connectivity index (χ0n) is 12.9. The van der Waals surface area contributed by atoms with Crippen LogP contribution >= 0.6 is 0 Å². The van der Waals surface area contributed by atoms with Gasteiger partial charge in [0.15, 0.2) is 16.6 Å². The van der Waals surface area contributed by atoms with Gasteiger partial charge in [0.25, 0.3) is 0 Å². The Labute approximate surface area is 114 Å². The fourth-order valence-electron chi connectivity index (χ4n) is 1.94. The van der Waals surface area contributed by atoms with Crippen molar-refractivity contribution in [2.75, 3.05) is 0 Å². The fourth-order valence-corrected chi connectivity index (χ4v) is 10.4. The van der Waals surface area contributed by atoms with Gasteiger partial charge >= 0.3 is 5.97 Å². The van der Waals surface area contributed by atoms with E-state index >= 15 is 0 Å². The average Bonchev–Trinajstić information content (AvgIpc) is 2.11. The number of hydrogen-bond acceptors (Lipinski definition) is 3. The Morgan fingerprint density at radius 3 is 2.06 bits per heavy atom. The molecule has 106 valence electrons. The van der Waals surface area contributed by atoms with Gasteiger partial charge in [-0.25, -0.2) is 4.79 Å². The van der Waals surface area contributed by atoms with E-state index in [1.165, 1.54) is 0 Å². The molecule has 0 saturated carbocycles. The molecule has 0 aliphatic carbocycles. The van der Waals surface area contributed by atoms with Gasteiger partial charge in [0.05, 0.1) is 0 Å². The molecule has 3 nitrogen and oxygen atoms in total. The molecule has 0 spiro atoms. The third-order valence-corrected chi connectivity index (χ3v) is 8.48. The summed E-state index contributed by atoms with van der Waals surface area (Å²) >= 11 is 0. The highest BCUT2D eigenvalue weighted by Gasteiger charge is 2.33. The molecule has 0 aromatic carbocycles. The summed E-state index contributed by atoms with van der Waals surface area (Å²) in [7, 11) is -3.30. The largest absolute Gasteiger partial charge is 0.459 e. The summed E-state index contributed by atoms with van der Waals surface area (Å²) in [6, 6.07) is 0.854. The Balaban J connectivity index is 4.52. The van der Waals surface area contributed by atoms with Crippen molar-refractivity contribution < 1.29 is 13.6 Å². The van der Waals surface area contributed by atoms with Crippen molar-refractivity contribution in [3.05, 3.63) is 12.2 Å². The van der Waals surface area contributed by atoms with E-state index in [4.69, 9.17) is 8.85 Å². The first kappa shape index (κ1) is 17.6. The van der Waals surface area contributed by atoms with Crippen molar-refractivity contribution in [2.45, 2.75) is 65.2 Å². The van der Waals surface area contributed by atoms with Gasteiger partial charge in [-0.2, -0.15) is 0 Å². The topological polar surface area (TPSA) is 35.5 Å². The molecule has 18 heavy (non-hydrogen) atoms. The number of rotatable bonds is 7. The molecule has 0 rings (SSSR count). The van der Waals surface area contributed by atoms with E-state index in [9.17, 15) is 4.79 Å². The van der Waals surface area contributed by atoms with Crippen LogP contribution in [0.3, 0.4) is 0 Å². The van der Waals surface area contributed by atoms with E-state index in [0.29, 0.717) is 5.57 Å². The first-order chi connectivity index (χ1) is 7.97. The van der Waals surface area contributed by atoms with Gasteiger partial charge in [-0.3, -0.25) is 0 Å². The van der Waals surface area contributed by atoms with Crippen molar-refractivity contribution in [1.82, 2.24) is 0 Å². The number of carbonyl (C=O) groups excluding carboxylic acids is 1. The highest BCUT2D eigenvalue weighted by atomic mass is 28.4. The smallest absolute Gasteiger partial charge is 0.333 e. The number of hydrogen-bond donors (Lipinski definition) is 0. The second kappa shape index (κ2) is 6.68. The molecule has 1 unspecified atom stereocenters. The first-order valence-electron chi connectivity index (χ1n) is 6.53. The van der Waals surface area contributed by atoms with Crippen LogP contribution in [0.5, 0.6) is 0 Å². The fraction of sp³-hybridized carbons (Fsp3) is 0.769. The lowest BCUT2D eigenvalue weighted by molar-refractivity contribution is -0.143. The minimum atomic E-state index is -1.77. The maximum atomic E-state index is 11.5. The van der Waals surface area contributed by atoms with Gasteiger partial charge in [-0.15, -0.1) is 0 Å². The summed E-state index contributed by atoms with van der Waals surface area (Å²) < 4.78 is 11.7. The average molecular weight is 289 g/mol. The van der Waals surface area contributed by atoms with Gasteiger partial charge < -0.3 is 8.85 Å². The Hall–Kier alpha value is -0.396. The number of carbonyl (C=O) groups is 1. The van der Waals surface area contributed by atoms with Crippen LogP contribution in [0, 0.1) is 0 Å². The van der Waals surface area contributed by atoms with Crippen LogP contribution < -0.4 is 0 Å². The molecule has 0 bridgehead atoms. The van der Waals surface area contributed by atoms with Crippen molar-refractivity contribution in [3.8, 4) is 0 Å². The van der Waals surface area contributed by atoms with Crippen LogP contribution in [0.15, 0.2) is 12.2 Å². The molecule has 0 fully saturated rings. The van der Waals surface area contributed by atoms with Gasteiger partial charge in [-0.05, 0) is 46.1 Å². The van der Waals surface area contributed by atoms with Crippen molar-refractivity contribution in [1.29, 1.82) is 0 Å². The van der Waals surface area contributed by atoms with E-state index in [0.717, 1.165) is 12.5 Å². The van der Waals surface area contributed by atoms with Crippen molar-refractivity contribution in [3.63, 3.8) is 0 Å². The predicted octanol–water partition coefficient (Wildman–Crippen LogP) is 3.94. The lowest BCUT2D eigenvalue weighted by Crippen LogP contribution is -2.44. The van der Waals surface area contributed by atoms with Crippen LogP contribution in [-0.4, -0.2) is 28.7 Å². The highest BCUT2D eigenvalue weighted by Crippen LogP contribution is 2.23. The van der Waals surface area contributed by atoms with E-state index in [-0.39, 0.29) is 12.1 Å². The zero-order valence-corrected chi connectivity index (χ0v) is 14.9. The molecule has 0 aromatic rings. The Morgan fingerprint density at radius 1 is 1.22 bits per heavy atom. The Bertz CT molecular complexity index is 306. The first-order valence-corrected chi connectivity index (χ1v) is 13.1. The minimum Gasteiger partial charge on any atom is -0.459 e. The number of esters is 1. The molecule has 0 amide bonds. The third kappa shape index (κ3) is 7.84. The van der Waals surface area contributed by atoms with E-state index in [1.54, 1.807) is 6.92 Å². The van der Waals surface area contributed by atoms with Gasteiger partial charge in [0.2, 0.25) is 0 Å². The van der Waals surface area contributed by atoms with Crippen molar-refractivity contribution >= 4 is 22.6 Å². The second-order valence-electron chi connectivity index (χ2n) is 6.39. The summed E-state index contributed by atoms with van der Waals surface area (Å²) in [5, 5.41) is 0. The molecule has 0 aliphatic rings. The molecule has 5 heteroatoms. The quantitative estimate of drug-likeness (QED) is 0.404. The maximum absolute atomic E-state index is 11.5. The monoisotopic (exact) mass is 288 g/mol. The van der Waals surface area contributed by atoms with E-state index in [2.05, 4.69) is 39.3 Å². The van der Waals surface area contributed by atoms with Crippen LogP contribution in [-0.2, 0) is 13.6 Å². The highest BCUT2D eigenvalue weighted by molar-refractivity contribution is 6.84. The lowest BCUT2D eigenvalue weighted by Gasteiger charge is -2.33. The number of ether oxygens (including phenoxy) is 1. The van der Waals surface area contributed by atoms with Crippen LogP contribution in [0.2, 0.25) is 38.8 Å². The van der Waals surface area contributed by atoms with E-state index in [1.807, 2.05) is 6.92 Å². The van der Waals surface area contributed by atoms with E-state index < -0.39 is 16.6 Å². The summed E-state index contributed by atoms with van der Waals surface area (Å²) in [5.41, 5.74) is 0.457. The maximum Gasteiger partial charge on any atom is 0.333 e. The Kier molecular flexibility index (Phi) is 6.53. The standard InChI is InChI=1S/C13H28O3Si2/c1-9-12(15-13(14)11(2)3)10-18(7,8)16-17(4,5)6/h12H,2,9-10H2,1,3-8H3. The van der Waals surface area contributed by atoms with Crippen LogP contribution in [0.25, 0.3) is 0 Å². The SMILES string of the molecule is C=C(C)C(=O)OC(CC)C[Si](C)(C)O[Si](C)(C)C. The van der Waals surface area contributed by atoms with Gasteiger partial charge in [0.1, 0.15) is 6.10 Å². The molecule has 0 aromatic heterocycles. The predicted molar refractivity (Wildman–Crippen MR) is 81.7 cm³/mol. The molecular formula is C13H28O3Si2. The lowest BCUT2D eigenvalue weighted by atomic mass is 10.3. The molecule has 0 saturated heterocycles. The molecule has 0 heterocycles. The summed E-state index contributed by atoms with van der Waals surface area (Å²) in [6.07, 6.45) is 0.775. The van der Waals surface area contributed by atoms with Crippen molar-refractivity contribution in [2.24, 2.45) is 0 Å². The summed E-state index contributed by atoms with van der Waals surface area (Å²) in [5.74, 6) is -0.292.